The van der Waals surface area contributed by atoms with E-state index in [9.17, 15) is 18.0 Å². The van der Waals surface area contributed by atoms with Gasteiger partial charge in [-0.1, -0.05) is 0 Å². The number of carbonyl (C=O) groups is 1. The van der Waals surface area contributed by atoms with Gasteiger partial charge in [0.1, 0.15) is 0 Å². The van der Waals surface area contributed by atoms with Crippen molar-refractivity contribution in [1.29, 1.82) is 0 Å². The van der Waals surface area contributed by atoms with E-state index < -0.39 is 18.6 Å². The minimum atomic E-state index is -4.31. The van der Waals surface area contributed by atoms with Gasteiger partial charge in [0.2, 0.25) is 0 Å². The van der Waals surface area contributed by atoms with Crippen LogP contribution in [0.4, 0.5) is 13.2 Å². The fourth-order valence-electron chi connectivity index (χ4n) is 2.22. The zero-order chi connectivity index (χ0) is 15.6. The van der Waals surface area contributed by atoms with Gasteiger partial charge in [-0.25, -0.2) is 0 Å². The number of nitrogens with zero attached hydrogens (tertiary/aromatic N) is 1. The number of alkyl halides is 3. The molecule has 2 rings (SSSR count). The molecular weight excluding hydrogens is 351 g/mol. The zero-order valence-corrected chi connectivity index (χ0v) is 12.8. The molecular formula is C14H13BrF3NO2. The van der Waals surface area contributed by atoms with Crippen molar-refractivity contribution in [1.82, 2.24) is 4.40 Å². The summed E-state index contributed by atoms with van der Waals surface area (Å²) in [5.74, 6) is -0.442. The summed E-state index contributed by atoms with van der Waals surface area (Å²) in [6.45, 7) is 0. The Labute approximate surface area is 127 Å². The quantitative estimate of drug-likeness (QED) is 0.771. The highest BCUT2D eigenvalue weighted by Gasteiger charge is 2.31. The lowest BCUT2D eigenvalue weighted by molar-refractivity contribution is -0.140. The maximum atomic E-state index is 12.8. The lowest BCUT2D eigenvalue weighted by Gasteiger charge is -2.10. The summed E-state index contributed by atoms with van der Waals surface area (Å²) in [7, 11) is 1.26. The third-order valence-electron chi connectivity index (χ3n) is 3.15. The van der Waals surface area contributed by atoms with Crippen LogP contribution < -0.4 is 0 Å². The number of rotatable bonds is 4. The number of esters is 1. The summed E-state index contributed by atoms with van der Waals surface area (Å²) in [6.07, 6.45) is -3.49. The van der Waals surface area contributed by atoms with Gasteiger partial charge in [0, 0.05) is 22.8 Å². The van der Waals surface area contributed by atoms with Gasteiger partial charge in [0.15, 0.2) is 0 Å². The average molecular weight is 364 g/mol. The van der Waals surface area contributed by atoms with Gasteiger partial charge in [0.05, 0.1) is 19.0 Å². The van der Waals surface area contributed by atoms with E-state index in [1.54, 1.807) is 24.4 Å². The van der Waals surface area contributed by atoms with E-state index in [-0.39, 0.29) is 18.5 Å². The van der Waals surface area contributed by atoms with Crippen LogP contribution in [0.5, 0.6) is 0 Å². The summed E-state index contributed by atoms with van der Waals surface area (Å²) in [5.41, 5.74) is 1.31. The lowest BCUT2D eigenvalue weighted by atomic mass is 10.1. The maximum absolute atomic E-state index is 12.8. The first kappa shape index (κ1) is 15.9. The van der Waals surface area contributed by atoms with E-state index in [4.69, 9.17) is 0 Å². The van der Waals surface area contributed by atoms with Crippen molar-refractivity contribution in [2.75, 3.05) is 7.11 Å². The fraction of sp³-hybridized carbons (Fsp3) is 0.357. The molecule has 0 amide bonds. The van der Waals surface area contributed by atoms with Crippen LogP contribution in [0.15, 0.2) is 28.9 Å². The SMILES string of the molecule is COC(=O)CCc1cc2c(Br)cccn2c1CC(F)(F)F. The Hall–Kier alpha value is -1.50. The second-order valence-corrected chi connectivity index (χ2v) is 5.45. The minimum absolute atomic E-state index is 0.0514. The van der Waals surface area contributed by atoms with Crippen molar-refractivity contribution in [3.63, 3.8) is 0 Å². The van der Waals surface area contributed by atoms with Gasteiger partial charge in [0.25, 0.3) is 0 Å². The van der Waals surface area contributed by atoms with E-state index in [1.807, 2.05) is 0 Å². The average Bonchev–Trinajstić information content (AvgIpc) is 2.74. The van der Waals surface area contributed by atoms with Gasteiger partial charge in [-0.05, 0) is 46.1 Å². The summed E-state index contributed by atoms with van der Waals surface area (Å²) >= 11 is 3.32. The Kier molecular flexibility index (Phi) is 4.61. The van der Waals surface area contributed by atoms with Crippen molar-refractivity contribution in [2.24, 2.45) is 0 Å². The molecule has 2 aromatic heterocycles. The predicted molar refractivity (Wildman–Crippen MR) is 75.2 cm³/mol. The molecule has 0 radical (unpaired) electrons. The molecule has 2 heterocycles. The Morgan fingerprint density at radius 2 is 2.14 bits per heavy atom. The Morgan fingerprint density at radius 3 is 2.76 bits per heavy atom. The molecule has 114 valence electrons. The molecule has 0 atom stereocenters. The van der Waals surface area contributed by atoms with Gasteiger partial charge < -0.3 is 9.14 Å². The normalized spacial score (nSPS) is 11.9. The Morgan fingerprint density at radius 1 is 1.43 bits per heavy atom. The van der Waals surface area contributed by atoms with Crippen LogP contribution in [-0.2, 0) is 22.4 Å². The first-order valence-corrected chi connectivity index (χ1v) is 7.02. The van der Waals surface area contributed by atoms with Crippen molar-refractivity contribution in [2.45, 2.75) is 25.4 Å². The minimum Gasteiger partial charge on any atom is -0.469 e. The number of methoxy groups -OCH3 is 1. The number of hydrogen-bond donors (Lipinski definition) is 0. The zero-order valence-electron chi connectivity index (χ0n) is 11.2. The number of fused-ring (bicyclic) bond motifs is 1. The van der Waals surface area contributed by atoms with E-state index in [0.29, 0.717) is 15.6 Å². The molecule has 0 aromatic carbocycles. The number of halogens is 4. The van der Waals surface area contributed by atoms with Crippen LogP contribution in [0.3, 0.4) is 0 Å². The second kappa shape index (κ2) is 6.09. The number of pyridine rings is 1. The van der Waals surface area contributed by atoms with Gasteiger partial charge >= 0.3 is 12.1 Å². The maximum Gasteiger partial charge on any atom is 0.394 e. The molecule has 0 N–H and O–H groups in total. The monoisotopic (exact) mass is 363 g/mol. The number of hydrogen-bond acceptors (Lipinski definition) is 2. The first-order valence-electron chi connectivity index (χ1n) is 6.22. The van der Waals surface area contributed by atoms with Crippen LogP contribution in [0.25, 0.3) is 5.52 Å². The van der Waals surface area contributed by atoms with Crippen molar-refractivity contribution in [3.05, 3.63) is 40.1 Å². The lowest BCUT2D eigenvalue weighted by Crippen LogP contribution is -2.15. The summed E-state index contributed by atoms with van der Waals surface area (Å²) in [5, 5.41) is 0. The smallest absolute Gasteiger partial charge is 0.394 e. The van der Waals surface area contributed by atoms with Crippen molar-refractivity contribution >= 4 is 27.4 Å². The topological polar surface area (TPSA) is 30.7 Å². The molecule has 0 fully saturated rings. The number of carbonyl (C=O) groups excluding carboxylic acids is 1. The first-order chi connectivity index (χ1) is 9.81. The third-order valence-corrected chi connectivity index (χ3v) is 3.82. The van der Waals surface area contributed by atoms with Crippen LogP contribution in [0.1, 0.15) is 17.7 Å². The molecule has 0 unspecified atom stereocenters. The van der Waals surface area contributed by atoms with Crippen molar-refractivity contribution < 1.29 is 22.7 Å². The molecule has 3 nitrogen and oxygen atoms in total. The molecule has 0 saturated heterocycles. The fourth-order valence-corrected chi connectivity index (χ4v) is 2.67. The van der Waals surface area contributed by atoms with Gasteiger partial charge in [-0.15, -0.1) is 0 Å². The molecule has 0 bridgehead atoms. The van der Waals surface area contributed by atoms with Crippen LogP contribution in [-0.4, -0.2) is 23.7 Å². The summed E-state index contributed by atoms with van der Waals surface area (Å²) < 4.78 is 45.1. The van der Waals surface area contributed by atoms with E-state index in [2.05, 4.69) is 20.7 Å². The summed E-state index contributed by atoms with van der Waals surface area (Å²) in [4.78, 5) is 11.2. The second-order valence-electron chi connectivity index (χ2n) is 4.60. The van der Waals surface area contributed by atoms with Gasteiger partial charge in [-0.2, -0.15) is 13.2 Å². The molecule has 2 aromatic rings. The predicted octanol–water partition coefficient (Wildman–Crippen LogP) is 3.91. The van der Waals surface area contributed by atoms with E-state index in [0.717, 1.165) is 0 Å². The number of ether oxygens (including phenoxy) is 1. The van der Waals surface area contributed by atoms with Crippen LogP contribution >= 0.6 is 15.9 Å². The van der Waals surface area contributed by atoms with E-state index in [1.165, 1.54) is 11.5 Å². The molecule has 0 aliphatic heterocycles. The highest BCUT2D eigenvalue weighted by atomic mass is 79.9. The summed E-state index contributed by atoms with van der Waals surface area (Å²) in [6, 6.07) is 5.10. The molecule has 0 aliphatic carbocycles. The molecule has 0 saturated carbocycles. The van der Waals surface area contributed by atoms with Crippen LogP contribution in [0, 0.1) is 0 Å². The number of aryl methyl sites for hydroxylation is 1. The Bertz CT molecular complexity index is 664. The molecule has 21 heavy (non-hydrogen) atoms. The molecule has 0 spiro atoms. The van der Waals surface area contributed by atoms with Crippen molar-refractivity contribution in [3.8, 4) is 0 Å². The van der Waals surface area contributed by atoms with Gasteiger partial charge in [-0.3, -0.25) is 4.79 Å². The standard InChI is InChI=1S/C14H13BrF3NO2/c1-21-13(20)5-4-9-7-11-10(15)3-2-6-19(11)12(9)8-14(16,17)18/h2-3,6-7H,4-5,8H2,1H3. The molecule has 7 heteroatoms. The largest absolute Gasteiger partial charge is 0.469 e. The Balaban J connectivity index is 2.44. The van der Waals surface area contributed by atoms with E-state index >= 15 is 0 Å². The molecule has 0 aliphatic rings. The third kappa shape index (κ3) is 3.78. The highest BCUT2D eigenvalue weighted by Crippen LogP contribution is 2.29. The highest BCUT2D eigenvalue weighted by molar-refractivity contribution is 9.10. The van der Waals surface area contributed by atoms with Crippen LogP contribution in [0.2, 0.25) is 0 Å². The number of aromatic nitrogens is 1.